The molecule has 17 heavy (non-hydrogen) atoms. The van der Waals surface area contributed by atoms with Crippen LogP contribution in [0.2, 0.25) is 0 Å². The Morgan fingerprint density at radius 1 is 1.24 bits per heavy atom. The van der Waals surface area contributed by atoms with Gasteiger partial charge in [0.15, 0.2) is 0 Å². The van der Waals surface area contributed by atoms with E-state index in [9.17, 15) is 9.50 Å². The summed E-state index contributed by atoms with van der Waals surface area (Å²) in [5.74, 6) is 0.324. The summed E-state index contributed by atoms with van der Waals surface area (Å²) in [5.41, 5.74) is 0.823. The van der Waals surface area contributed by atoms with Gasteiger partial charge in [-0.25, -0.2) is 4.39 Å². The van der Waals surface area contributed by atoms with E-state index in [-0.39, 0.29) is 5.82 Å². The Morgan fingerprint density at radius 3 is 2.76 bits per heavy atom. The molecule has 2 nitrogen and oxygen atoms in total. The minimum absolute atomic E-state index is 0.250. The smallest absolute Gasteiger partial charge is 0.123 e. The number of aliphatic hydroxyl groups is 1. The molecule has 1 aromatic carbocycles. The second-order valence-corrected chi connectivity index (χ2v) is 4.85. The molecule has 0 saturated carbocycles. The third-order valence-electron chi connectivity index (χ3n) is 3.51. The summed E-state index contributed by atoms with van der Waals surface area (Å²) in [6.07, 6.45) is 3.80. The fraction of sp³-hybridized carbons (Fsp3) is 0.571. The van der Waals surface area contributed by atoms with E-state index in [2.05, 4.69) is 5.32 Å². The van der Waals surface area contributed by atoms with Gasteiger partial charge in [0.05, 0.1) is 6.10 Å². The highest BCUT2D eigenvalue weighted by atomic mass is 19.1. The lowest BCUT2D eigenvalue weighted by Gasteiger charge is -2.18. The number of benzene rings is 1. The fourth-order valence-electron chi connectivity index (χ4n) is 2.46. The van der Waals surface area contributed by atoms with Crippen molar-refractivity contribution >= 4 is 0 Å². The molecule has 1 aromatic rings. The zero-order valence-electron chi connectivity index (χ0n) is 10.0. The van der Waals surface area contributed by atoms with Crippen molar-refractivity contribution in [1.29, 1.82) is 0 Å². The average Bonchev–Trinajstić information content (AvgIpc) is 2.58. The maximum Gasteiger partial charge on any atom is 0.123 e. The molecule has 3 heteroatoms. The Labute approximate surface area is 102 Å². The van der Waals surface area contributed by atoms with E-state index in [1.807, 2.05) is 0 Å². The molecule has 2 unspecified atom stereocenters. The first-order valence-corrected chi connectivity index (χ1v) is 6.40. The van der Waals surface area contributed by atoms with Crippen LogP contribution in [0.15, 0.2) is 24.3 Å². The summed E-state index contributed by atoms with van der Waals surface area (Å²) in [6, 6.07) is 6.17. The van der Waals surface area contributed by atoms with Crippen molar-refractivity contribution in [3.8, 4) is 0 Å². The van der Waals surface area contributed by atoms with Gasteiger partial charge in [-0.15, -0.1) is 0 Å². The van der Waals surface area contributed by atoms with Crippen LogP contribution in [-0.4, -0.2) is 18.2 Å². The van der Waals surface area contributed by atoms with Gasteiger partial charge >= 0.3 is 0 Å². The van der Waals surface area contributed by atoms with Gasteiger partial charge in [-0.05, 0) is 62.4 Å². The number of halogens is 1. The summed E-state index contributed by atoms with van der Waals surface area (Å²) < 4.78 is 12.8. The third kappa shape index (κ3) is 3.79. The topological polar surface area (TPSA) is 32.3 Å². The first-order valence-electron chi connectivity index (χ1n) is 6.40. The van der Waals surface area contributed by atoms with Crippen molar-refractivity contribution in [2.24, 2.45) is 5.92 Å². The van der Waals surface area contributed by atoms with Gasteiger partial charge in [-0.1, -0.05) is 12.1 Å². The van der Waals surface area contributed by atoms with E-state index < -0.39 is 6.10 Å². The third-order valence-corrected chi connectivity index (χ3v) is 3.51. The van der Waals surface area contributed by atoms with Gasteiger partial charge in [0.2, 0.25) is 0 Å². The number of rotatable bonds is 3. The molecule has 2 atom stereocenters. The monoisotopic (exact) mass is 237 g/mol. The van der Waals surface area contributed by atoms with E-state index >= 15 is 0 Å². The highest BCUT2D eigenvalue weighted by Gasteiger charge is 2.17. The molecule has 0 aliphatic carbocycles. The molecule has 2 rings (SSSR count). The molecule has 0 spiro atoms. The van der Waals surface area contributed by atoms with Crippen LogP contribution < -0.4 is 5.32 Å². The van der Waals surface area contributed by atoms with Crippen LogP contribution >= 0.6 is 0 Å². The fourth-order valence-corrected chi connectivity index (χ4v) is 2.46. The summed E-state index contributed by atoms with van der Waals surface area (Å²) >= 11 is 0. The lowest BCUT2D eigenvalue weighted by Crippen LogP contribution is -2.14. The Hall–Kier alpha value is -0.930. The van der Waals surface area contributed by atoms with Crippen LogP contribution in [-0.2, 0) is 0 Å². The molecule has 0 radical (unpaired) electrons. The first kappa shape index (κ1) is 12.5. The van der Waals surface area contributed by atoms with E-state index in [4.69, 9.17) is 0 Å². The van der Waals surface area contributed by atoms with E-state index in [0.717, 1.165) is 31.5 Å². The number of nitrogens with one attached hydrogen (secondary N) is 1. The summed E-state index contributed by atoms with van der Waals surface area (Å²) in [7, 11) is 0. The van der Waals surface area contributed by atoms with Gasteiger partial charge in [-0.2, -0.15) is 0 Å². The molecule has 0 amide bonds. The zero-order valence-corrected chi connectivity index (χ0v) is 10.0. The van der Waals surface area contributed by atoms with E-state index in [1.165, 1.54) is 25.0 Å². The predicted molar refractivity (Wildman–Crippen MR) is 66.2 cm³/mol. The molecule has 0 bridgehead atoms. The Morgan fingerprint density at radius 2 is 2.00 bits per heavy atom. The van der Waals surface area contributed by atoms with Crippen LogP contribution in [0.25, 0.3) is 0 Å². The second kappa shape index (κ2) is 6.12. The molecule has 1 heterocycles. The van der Waals surface area contributed by atoms with Crippen molar-refractivity contribution < 1.29 is 9.50 Å². The minimum atomic E-state index is -0.460. The Bertz CT molecular complexity index is 331. The van der Waals surface area contributed by atoms with Crippen LogP contribution in [0.1, 0.15) is 37.4 Å². The van der Waals surface area contributed by atoms with E-state index in [0.29, 0.717) is 5.92 Å². The molecule has 1 saturated heterocycles. The van der Waals surface area contributed by atoms with Crippen molar-refractivity contribution in [2.75, 3.05) is 13.1 Å². The van der Waals surface area contributed by atoms with E-state index in [1.54, 1.807) is 12.1 Å². The number of aliphatic hydroxyl groups excluding tert-OH is 1. The second-order valence-electron chi connectivity index (χ2n) is 4.85. The standard InChI is InChI=1S/C14H20FNO/c15-13-5-3-12(4-6-13)14(17)10-11-2-1-8-16-9-7-11/h3-6,11,14,16-17H,1-2,7-10H2. The minimum Gasteiger partial charge on any atom is -0.388 e. The van der Waals surface area contributed by atoms with Gasteiger partial charge < -0.3 is 10.4 Å². The van der Waals surface area contributed by atoms with Gasteiger partial charge in [0, 0.05) is 0 Å². The highest BCUT2D eigenvalue weighted by Crippen LogP contribution is 2.27. The normalized spacial score (nSPS) is 23.1. The molecular weight excluding hydrogens is 217 g/mol. The average molecular weight is 237 g/mol. The lowest BCUT2D eigenvalue weighted by molar-refractivity contribution is 0.140. The van der Waals surface area contributed by atoms with Crippen LogP contribution in [0.4, 0.5) is 4.39 Å². The maximum atomic E-state index is 12.8. The number of hydrogen-bond donors (Lipinski definition) is 2. The SMILES string of the molecule is OC(CC1CCCNCC1)c1ccc(F)cc1. The van der Waals surface area contributed by atoms with Crippen molar-refractivity contribution in [2.45, 2.75) is 31.8 Å². The summed E-state index contributed by atoms with van der Waals surface area (Å²) in [4.78, 5) is 0. The van der Waals surface area contributed by atoms with Gasteiger partial charge in [-0.3, -0.25) is 0 Å². The summed E-state index contributed by atoms with van der Waals surface area (Å²) in [5, 5.41) is 13.5. The number of hydrogen-bond acceptors (Lipinski definition) is 2. The molecule has 1 aliphatic heterocycles. The van der Waals surface area contributed by atoms with Crippen LogP contribution in [0.3, 0.4) is 0 Å². The highest BCUT2D eigenvalue weighted by molar-refractivity contribution is 5.18. The first-order chi connectivity index (χ1) is 8.25. The Kier molecular flexibility index (Phi) is 4.51. The maximum absolute atomic E-state index is 12.8. The quantitative estimate of drug-likeness (QED) is 0.847. The van der Waals surface area contributed by atoms with Gasteiger partial charge in [0.25, 0.3) is 0 Å². The van der Waals surface area contributed by atoms with Gasteiger partial charge in [0.1, 0.15) is 5.82 Å². The van der Waals surface area contributed by atoms with Crippen LogP contribution in [0.5, 0.6) is 0 Å². The molecular formula is C14H20FNO. The van der Waals surface area contributed by atoms with Crippen molar-refractivity contribution in [3.05, 3.63) is 35.6 Å². The molecule has 0 aromatic heterocycles. The predicted octanol–water partition coefficient (Wildman–Crippen LogP) is 2.64. The molecule has 1 fully saturated rings. The van der Waals surface area contributed by atoms with Crippen molar-refractivity contribution in [3.63, 3.8) is 0 Å². The molecule has 94 valence electrons. The zero-order chi connectivity index (χ0) is 12.1. The van der Waals surface area contributed by atoms with Crippen molar-refractivity contribution in [1.82, 2.24) is 5.32 Å². The lowest BCUT2D eigenvalue weighted by atomic mass is 9.91. The van der Waals surface area contributed by atoms with Crippen LogP contribution in [0, 0.1) is 11.7 Å². The summed E-state index contributed by atoms with van der Waals surface area (Å²) in [6.45, 7) is 2.13. The largest absolute Gasteiger partial charge is 0.388 e. The molecule has 2 N–H and O–H groups in total. The Balaban J connectivity index is 1.91. The molecule has 1 aliphatic rings.